The van der Waals surface area contributed by atoms with Crippen LogP contribution in [0.4, 0.5) is 0 Å². The summed E-state index contributed by atoms with van der Waals surface area (Å²) in [7, 11) is 0. The zero-order chi connectivity index (χ0) is 14.4. The largest absolute Gasteiger partial charge is 0.192 e. The molecular formula is C18H16N2. The number of hydrogen-bond donors (Lipinski definition) is 0. The number of nitriles is 2. The molecule has 0 N–H and O–H groups in total. The van der Waals surface area contributed by atoms with Gasteiger partial charge in [-0.15, -0.1) is 0 Å². The van der Waals surface area contributed by atoms with E-state index in [1.54, 1.807) is 6.07 Å². The number of aryl methyl sites for hydroxylation is 1. The molecule has 0 saturated carbocycles. The number of nitrogens with zero attached hydrogens (tertiary/aromatic N) is 2. The summed E-state index contributed by atoms with van der Waals surface area (Å²) in [6.07, 6.45) is 3.37. The Bertz CT molecular complexity index is 687. The average molecular weight is 260 g/mol. The highest BCUT2D eigenvalue weighted by atomic mass is 14.3. The van der Waals surface area contributed by atoms with Crippen LogP contribution in [-0.4, -0.2) is 0 Å². The van der Waals surface area contributed by atoms with Crippen molar-refractivity contribution in [1.29, 1.82) is 10.5 Å². The Kier molecular flexibility index (Phi) is 4.53. The maximum Gasteiger partial charge on any atom is 0.101 e. The van der Waals surface area contributed by atoms with E-state index in [4.69, 9.17) is 5.26 Å². The van der Waals surface area contributed by atoms with Gasteiger partial charge in [0, 0.05) is 5.56 Å². The normalized spacial score (nSPS) is 9.75. The van der Waals surface area contributed by atoms with E-state index < -0.39 is 0 Å². The second kappa shape index (κ2) is 6.55. The van der Waals surface area contributed by atoms with E-state index in [0.29, 0.717) is 11.1 Å². The lowest BCUT2D eigenvalue weighted by Crippen LogP contribution is -1.91. The molecule has 0 unspecified atom stereocenters. The van der Waals surface area contributed by atoms with Crippen LogP contribution in [0.3, 0.4) is 0 Å². The SMILES string of the molecule is CCCCc1cccc(-c2cccc(C#N)c2C#N)c1. The Balaban J connectivity index is 2.47. The van der Waals surface area contributed by atoms with Crippen molar-refractivity contribution >= 4 is 0 Å². The maximum atomic E-state index is 9.30. The molecule has 2 aromatic carbocycles. The van der Waals surface area contributed by atoms with Crippen LogP contribution in [0.1, 0.15) is 36.5 Å². The Morgan fingerprint density at radius 3 is 2.50 bits per heavy atom. The van der Waals surface area contributed by atoms with E-state index in [1.807, 2.05) is 24.3 Å². The van der Waals surface area contributed by atoms with Crippen LogP contribution in [-0.2, 0) is 6.42 Å². The van der Waals surface area contributed by atoms with Gasteiger partial charge in [-0.25, -0.2) is 0 Å². The summed E-state index contributed by atoms with van der Waals surface area (Å²) < 4.78 is 0. The molecule has 0 heterocycles. The van der Waals surface area contributed by atoms with Gasteiger partial charge in [-0.1, -0.05) is 49.7 Å². The Hall–Kier alpha value is -2.58. The first kappa shape index (κ1) is 13.8. The predicted octanol–water partition coefficient (Wildman–Crippen LogP) is 4.44. The minimum absolute atomic E-state index is 0.434. The molecule has 0 aliphatic rings. The van der Waals surface area contributed by atoms with E-state index in [-0.39, 0.29) is 0 Å². The van der Waals surface area contributed by atoms with Gasteiger partial charge in [0.05, 0.1) is 11.1 Å². The highest BCUT2D eigenvalue weighted by Crippen LogP contribution is 2.26. The van der Waals surface area contributed by atoms with Gasteiger partial charge in [-0.05, 0) is 30.0 Å². The molecule has 0 atom stereocenters. The first-order chi connectivity index (χ1) is 9.80. The highest BCUT2D eigenvalue weighted by Gasteiger charge is 2.09. The third kappa shape index (κ3) is 2.87. The molecule has 0 radical (unpaired) electrons. The third-order valence-electron chi connectivity index (χ3n) is 3.35. The summed E-state index contributed by atoms with van der Waals surface area (Å²) in [5.74, 6) is 0. The third-order valence-corrected chi connectivity index (χ3v) is 3.35. The Labute approximate surface area is 119 Å². The zero-order valence-corrected chi connectivity index (χ0v) is 11.6. The van der Waals surface area contributed by atoms with Crippen molar-refractivity contribution in [2.45, 2.75) is 26.2 Å². The van der Waals surface area contributed by atoms with Gasteiger partial charge in [-0.3, -0.25) is 0 Å². The molecule has 20 heavy (non-hydrogen) atoms. The topological polar surface area (TPSA) is 47.6 Å². The molecule has 2 heteroatoms. The van der Waals surface area contributed by atoms with Crippen molar-refractivity contribution in [1.82, 2.24) is 0 Å². The molecule has 98 valence electrons. The van der Waals surface area contributed by atoms with Crippen LogP contribution in [0.15, 0.2) is 42.5 Å². The van der Waals surface area contributed by atoms with Crippen LogP contribution >= 0.6 is 0 Å². The van der Waals surface area contributed by atoms with Gasteiger partial charge in [0.25, 0.3) is 0 Å². The molecule has 2 rings (SSSR count). The lowest BCUT2D eigenvalue weighted by atomic mass is 9.94. The van der Waals surface area contributed by atoms with E-state index >= 15 is 0 Å². The molecular weight excluding hydrogens is 244 g/mol. The highest BCUT2D eigenvalue weighted by molar-refractivity contribution is 5.74. The standard InChI is InChI=1S/C18H16N2/c1-2-3-6-14-7-4-8-15(11-14)17-10-5-9-16(12-19)18(17)13-20/h4-5,7-11H,2-3,6H2,1H3. The average Bonchev–Trinajstić information content (AvgIpc) is 2.52. The molecule has 0 spiro atoms. The summed E-state index contributed by atoms with van der Waals surface area (Å²) in [6.45, 7) is 2.17. The van der Waals surface area contributed by atoms with Crippen molar-refractivity contribution in [3.05, 3.63) is 59.2 Å². The second-order valence-corrected chi connectivity index (χ2v) is 4.76. The van der Waals surface area contributed by atoms with Crippen molar-refractivity contribution < 1.29 is 0 Å². The molecule has 0 aromatic heterocycles. The van der Waals surface area contributed by atoms with Crippen LogP contribution in [0.25, 0.3) is 11.1 Å². The molecule has 0 saturated heterocycles. The van der Waals surface area contributed by atoms with Gasteiger partial charge < -0.3 is 0 Å². The number of benzene rings is 2. The quantitative estimate of drug-likeness (QED) is 0.815. The van der Waals surface area contributed by atoms with Gasteiger partial charge in [-0.2, -0.15) is 10.5 Å². The fraction of sp³-hybridized carbons (Fsp3) is 0.222. The van der Waals surface area contributed by atoms with E-state index in [0.717, 1.165) is 30.4 Å². The molecule has 0 amide bonds. The monoisotopic (exact) mass is 260 g/mol. The van der Waals surface area contributed by atoms with Gasteiger partial charge >= 0.3 is 0 Å². The second-order valence-electron chi connectivity index (χ2n) is 4.76. The van der Waals surface area contributed by atoms with Crippen molar-refractivity contribution in [3.8, 4) is 23.3 Å². The molecule has 0 bridgehead atoms. The van der Waals surface area contributed by atoms with Crippen molar-refractivity contribution in [3.63, 3.8) is 0 Å². The fourth-order valence-corrected chi connectivity index (χ4v) is 2.28. The van der Waals surface area contributed by atoms with Gasteiger partial charge in [0.15, 0.2) is 0 Å². The van der Waals surface area contributed by atoms with Crippen molar-refractivity contribution in [2.75, 3.05) is 0 Å². The minimum Gasteiger partial charge on any atom is -0.192 e. The molecule has 0 aliphatic carbocycles. The zero-order valence-electron chi connectivity index (χ0n) is 11.6. The summed E-state index contributed by atoms with van der Waals surface area (Å²) in [5, 5.41) is 18.4. The molecule has 0 fully saturated rings. The smallest absolute Gasteiger partial charge is 0.101 e. The number of unbranched alkanes of at least 4 members (excludes halogenated alkanes) is 1. The summed E-state index contributed by atoms with van der Waals surface area (Å²) >= 11 is 0. The van der Waals surface area contributed by atoms with E-state index in [9.17, 15) is 5.26 Å². The number of hydrogen-bond acceptors (Lipinski definition) is 2. The number of rotatable bonds is 4. The molecule has 2 aromatic rings. The van der Waals surface area contributed by atoms with Crippen LogP contribution in [0, 0.1) is 22.7 Å². The summed E-state index contributed by atoms with van der Waals surface area (Å²) in [5.41, 5.74) is 4.01. The Morgan fingerprint density at radius 2 is 1.80 bits per heavy atom. The summed E-state index contributed by atoms with van der Waals surface area (Å²) in [4.78, 5) is 0. The lowest BCUT2D eigenvalue weighted by Gasteiger charge is -2.08. The summed E-state index contributed by atoms with van der Waals surface area (Å²) in [6, 6.07) is 17.9. The van der Waals surface area contributed by atoms with E-state index in [2.05, 4.69) is 31.2 Å². The first-order valence-corrected chi connectivity index (χ1v) is 6.82. The Morgan fingerprint density at radius 1 is 1.00 bits per heavy atom. The van der Waals surface area contributed by atoms with Gasteiger partial charge in [0.2, 0.25) is 0 Å². The van der Waals surface area contributed by atoms with Gasteiger partial charge in [0.1, 0.15) is 12.1 Å². The van der Waals surface area contributed by atoms with Crippen LogP contribution in [0.5, 0.6) is 0 Å². The maximum absolute atomic E-state index is 9.30. The molecule has 2 nitrogen and oxygen atoms in total. The fourth-order valence-electron chi connectivity index (χ4n) is 2.28. The van der Waals surface area contributed by atoms with Crippen molar-refractivity contribution in [2.24, 2.45) is 0 Å². The van der Waals surface area contributed by atoms with Crippen LogP contribution in [0.2, 0.25) is 0 Å². The minimum atomic E-state index is 0.434. The first-order valence-electron chi connectivity index (χ1n) is 6.82. The van der Waals surface area contributed by atoms with Crippen LogP contribution < -0.4 is 0 Å². The lowest BCUT2D eigenvalue weighted by molar-refractivity contribution is 0.795. The predicted molar refractivity (Wildman–Crippen MR) is 79.9 cm³/mol. The molecule has 0 aliphatic heterocycles. The van der Waals surface area contributed by atoms with E-state index in [1.165, 1.54) is 5.56 Å².